The maximum absolute atomic E-state index is 12.3. The summed E-state index contributed by atoms with van der Waals surface area (Å²) in [5, 5.41) is 2.57. The van der Waals surface area contributed by atoms with Gasteiger partial charge in [-0.25, -0.2) is 0 Å². The van der Waals surface area contributed by atoms with Gasteiger partial charge in [0.15, 0.2) is 0 Å². The molecule has 1 saturated heterocycles. The second-order valence-electron chi connectivity index (χ2n) is 6.10. The number of hydrogen-bond donors (Lipinski definition) is 2. The van der Waals surface area contributed by atoms with Gasteiger partial charge >= 0.3 is 0 Å². The molecule has 8 heteroatoms. The Bertz CT molecular complexity index is 623. The summed E-state index contributed by atoms with van der Waals surface area (Å²) >= 11 is 0. The molecule has 1 aromatic rings. The monoisotopic (exact) mass is 363 g/mol. The number of methoxy groups -OCH3 is 1. The lowest BCUT2D eigenvalue weighted by molar-refractivity contribution is -0.137. The second kappa shape index (κ2) is 9.76. The van der Waals surface area contributed by atoms with Crippen molar-refractivity contribution in [3.05, 3.63) is 30.3 Å². The second-order valence-corrected chi connectivity index (χ2v) is 6.10. The molecular formula is C18H25N3O5. The van der Waals surface area contributed by atoms with Crippen LogP contribution in [0.4, 0.5) is 0 Å². The van der Waals surface area contributed by atoms with Crippen LogP contribution in [0.15, 0.2) is 30.3 Å². The molecule has 2 rings (SSSR count). The number of primary amides is 1. The van der Waals surface area contributed by atoms with Gasteiger partial charge in [0.1, 0.15) is 11.8 Å². The number of nitrogens with two attached hydrogens (primary N) is 1. The van der Waals surface area contributed by atoms with Crippen molar-refractivity contribution in [2.24, 2.45) is 5.73 Å². The molecule has 1 aliphatic rings. The first-order valence-electron chi connectivity index (χ1n) is 8.57. The summed E-state index contributed by atoms with van der Waals surface area (Å²) in [4.78, 5) is 37.0. The van der Waals surface area contributed by atoms with E-state index >= 15 is 0 Å². The maximum atomic E-state index is 12.3. The van der Waals surface area contributed by atoms with Gasteiger partial charge in [-0.05, 0) is 18.6 Å². The molecule has 0 aliphatic carbocycles. The maximum Gasteiger partial charge on any atom is 0.242 e. The summed E-state index contributed by atoms with van der Waals surface area (Å²) in [6, 6.07) is 8.64. The number of amides is 3. The smallest absolute Gasteiger partial charge is 0.242 e. The largest absolute Gasteiger partial charge is 0.494 e. The molecule has 1 aliphatic heterocycles. The van der Waals surface area contributed by atoms with E-state index in [0.29, 0.717) is 26.0 Å². The van der Waals surface area contributed by atoms with E-state index in [1.54, 1.807) is 0 Å². The van der Waals surface area contributed by atoms with Crippen LogP contribution >= 0.6 is 0 Å². The summed E-state index contributed by atoms with van der Waals surface area (Å²) in [7, 11) is 1.52. The summed E-state index contributed by atoms with van der Waals surface area (Å²) in [6.07, 6.45) is 0.943. The lowest BCUT2D eigenvalue weighted by Crippen LogP contribution is -2.47. The number of ether oxygens (including phenoxy) is 2. The third-order valence-electron chi connectivity index (χ3n) is 4.24. The van der Waals surface area contributed by atoms with Crippen molar-refractivity contribution in [2.75, 3.05) is 26.8 Å². The number of benzene rings is 1. The third kappa shape index (κ3) is 5.73. The van der Waals surface area contributed by atoms with E-state index < -0.39 is 11.9 Å². The third-order valence-corrected chi connectivity index (χ3v) is 4.24. The first-order chi connectivity index (χ1) is 12.5. The number of likely N-dealkylation sites (tertiary alicyclic amines) is 1. The van der Waals surface area contributed by atoms with Crippen molar-refractivity contribution in [3.63, 3.8) is 0 Å². The highest BCUT2D eigenvalue weighted by Crippen LogP contribution is 2.19. The van der Waals surface area contributed by atoms with Crippen LogP contribution in [-0.4, -0.2) is 61.6 Å². The Morgan fingerprint density at radius 3 is 2.65 bits per heavy atom. The minimum Gasteiger partial charge on any atom is -0.494 e. The Balaban J connectivity index is 1.67. The number of para-hydroxylation sites is 1. The highest BCUT2D eigenvalue weighted by Gasteiger charge is 2.38. The van der Waals surface area contributed by atoms with Crippen molar-refractivity contribution in [1.29, 1.82) is 0 Å². The van der Waals surface area contributed by atoms with Gasteiger partial charge < -0.3 is 25.4 Å². The van der Waals surface area contributed by atoms with E-state index in [4.69, 9.17) is 15.2 Å². The Kier molecular flexibility index (Phi) is 7.40. The fourth-order valence-electron chi connectivity index (χ4n) is 2.82. The Morgan fingerprint density at radius 1 is 1.27 bits per heavy atom. The van der Waals surface area contributed by atoms with Crippen LogP contribution in [0.25, 0.3) is 0 Å². The summed E-state index contributed by atoms with van der Waals surface area (Å²) in [5.74, 6) is -0.403. The predicted octanol–water partition coefficient (Wildman–Crippen LogP) is 0.0630. The average Bonchev–Trinajstić information content (AvgIpc) is 3.09. The average molecular weight is 363 g/mol. The topological polar surface area (TPSA) is 111 Å². The zero-order chi connectivity index (χ0) is 18.9. The van der Waals surface area contributed by atoms with E-state index in [1.165, 1.54) is 12.0 Å². The van der Waals surface area contributed by atoms with Crippen LogP contribution in [0.2, 0.25) is 0 Å². The van der Waals surface area contributed by atoms with E-state index in [-0.39, 0.29) is 30.9 Å². The highest BCUT2D eigenvalue weighted by molar-refractivity contribution is 5.90. The summed E-state index contributed by atoms with van der Waals surface area (Å²) < 4.78 is 10.7. The van der Waals surface area contributed by atoms with E-state index in [0.717, 1.165) is 5.75 Å². The zero-order valence-electron chi connectivity index (χ0n) is 14.8. The van der Waals surface area contributed by atoms with Crippen LogP contribution in [0.5, 0.6) is 5.75 Å². The molecule has 1 fully saturated rings. The molecule has 8 nitrogen and oxygen atoms in total. The molecular weight excluding hydrogens is 338 g/mol. The highest BCUT2D eigenvalue weighted by atomic mass is 16.5. The van der Waals surface area contributed by atoms with Gasteiger partial charge in [-0.3, -0.25) is 14.4 Å². The first-order valence-corrected chi connectivity index (χ1v) is 8.57. The molecule has 0 saturated carbocycles. The fraction of sp³-hybridized carbons (Fsp3) is 0.500. The minimum atomic E-state index is -0.691. The number of nitrogens with zero attached hydrogens (tertiary/aromatic N) is 1. The van der Waals surface area contributed by atoms with Crippen LogP contribution in [0, 0.1) is 0 Å². The molecule has 0 aromatic heterocycles. The van der Waals surface area contributed by atoms with Crippen molar-refractivity contribution in [2.45, 2.75) is 31.4 Å². The van der Waals surface area contributed by atoms with Gasteiger partial charge in [0.25, 0.3) is 0 Å². The van der Waals surface area contributed by atoms with Crippen molar-refractivity contribution in [3.8, 4) is 5.75 Å². The molecule has 3 N–H and O–H groups in total. The van der Waals surface area contributed by atoms with Gasteiger partial charge in [-0.15, -0.1) is 0 Å². The van der Waals surface area contributed by atoms with Gasteiger partial charge in [0.05, 0.1) is 19.3 Å². The number of nitrogens with one attached hydrogen (secondary N) is 1. The van der Waals surface area contributed by atoms with Crippen LogP contribution in [0.3, 0.4) is 0 Å². The molecule has 3 amide bonds. The summed E-state index contributed by atoms with van der Waals surface area (Å²) in [5.41, 5.74) is 5.34. The molecule has 0 spiro atoms. The first kappa shape index (κ1) is 19.7. The van der Waals surface area contributed by atoms with Crippen molar-refractivity contribution < 1.29 is 23.9 Å². The molecule has 1 aromatic carbocycles. The summed E-state index contributed by atoms with van der Waals surface area (Å²) in [6.45, 7) is 0.541. The number of rotatable bonds is 9. The molecule has 2 unspecified atom stereocenters. The molecule has 2 atom stereocenters. The molecule has 26 heavy (non-hydrogen) atoms. The fourth-order valence-corrected chi connectivity index (χ4v) is 2.82. The van der Waals surface area contributed by atoms with E-state index in [9.17, 15) is 14.4 Å². The number of carbonyl (C=O) groups is 3. The van der Waals surface area contributed by atoms with E-state index in [2.05, 4.69) is 5.32 Å². The van der Waals surface area contributed by atoms with Gasteiger partial charge in [-0.2, -0.15) is 0 Å². The van der Waals surface area contributed by atoms with E-state index in [1.807, 2.05) is 30.3 Å². The van der Waals surface area contributed by atoms with Crippen LogP contribution < -0.4 is 15.8 Å². The van der Waals surface area contributed by atoms with Crippen LogP contribution in [0.1, 0.15) is 19.3 Å². The Labute approximate surface area is 152 Å². The Hall–Kier alpha value is -2.61. The van der Waals surface area contributed by atoms with Gasteiger partial charge in [-0.1, -0.05) is 18.2 Å². The molecule has 0 radical (unpaired) electrons. The lowest BCUT2D eigenvalue weighted by atomic mass is 10.2. The molecule has 0 bridgehead atoms. The molecule has 1 heterocycles. The van der Waals surface area contributed by atoms with Crippen molar-refractivity contribution in [1.82, 2.24) is 10.2 Å². The van der Waals surface area contributed by atoms with Gasteiger partial charge in [0.2, 0.25) is 17.7 Å². The zero-order valence-corrected chi connectivity index (χ0v) is 14.8. The minimum absolute atomic E-state index is 0.168. The normalized spacial score (nSPS) is 19.2. The molecule has 142 valence electrons. The Morgan fingerprint density at radius 2 is 2.00 bits per heavy atom. The SMILES string of the molecule is COC1CC(C(N)=O)N(C(=O)CNC(=O)CCCOc2ccccc2)C1. The standard InChI is InChI=1S/C18H25N3O5/c1-25-14-10-15(18(19)24)21(12-14)17(23)11-20-16(22)8-5-9-26-13-6-3-2-4-7-13/h2-4,6-7,14-15H,5,8-12H2,1H3,(H2,19,24)(H,20,22). The quantitative estimate of drug-likeness (QED) is 0.603. The van der Waals surface area contributed by atoms with Crippen molar-refractivity contribution >= 4 is 17.7 Å². The van der Waals surface area contributed by atoms with Crippen LogP contribution in [-0.2, 0) is 19.1 Å². The number of carbonyl (C=O) groups excluding carboxylic acids is 3. The predicted molar refractivity (Wildman–Crippen MR) is 94.3 cm³/mol. The lowest BCUT2D eigenvalue weighted by Gasteiger charge is -2.22. The van der Waals surface area contributed by atoms with Gasteiger partial charge in [0, 0.05) is 26.5 Å². The number of hydrogen-bond acceptors (Lipinski definition) is 5.